The summed E-state index contributed by atoms with van der Waals surface area (Å²) in [4.78, 5) is 16.0. The summed E-state index contributed by atoms with van der Waals surface area (Å²) in [6.45, 7) is 1.63. The van der Waals surface area contributed by atoms with Gasteiger partial charge in [0.05, 0.1) is 5.69 Å². The second kappa shape index (κ2) is 7.48. The standard InChI is InChI=1S/C18H15BrFN3O2/c1-12-21-8-9-23(12)17-7-4-14(10-16(17)20)22-18(24)11-25-15-5-2-13(19)3-6-15/h2-10H,11H2,1H3,(H,22,24). The number of ether oxygens (including phenoxy) is 1. The maximum absolute atomic E-state index is 14.3. The highest BCUT2D eigenvalue weighted by Crippen LogP contribution is 2.20. The van der Waals surface area contributed by atoms with Gasteiger partial charge >= 0.3 is 0 Å². The zero-order chi connectivity index (χ0) is 17.8. The highest BCUT2D eigenvalue weighted by Gasteiger charge is 2.10. The van der Waals surface area contributed by atoms with E-state index >= 15 is 0 Å². The summed E-state index contributed by atoms with van der Waals surface area (Å²) < 4.78 is 22.2. The molecule has 0 fully saturated rings. The molecular weight excluding hydrogens is 389 g/mol. The molecular formula is C18H15BrFN3O2. The lowest BCUT2D eigenvalue weighted by Gasteiger charge is -2.10. The van der Waals surface area contributed by atoms with Crippen LogP contribution in [0.4, 0.5) is 10.1 Å². The predicted molar refractivity (Wildman–Crippen MR) is 96.5 cm³/mol. The van der Waals surface area contributed by atoms with Gasteiger partial charge in [-0.05, 0) is 49.4 Å². The lowest BCUT2D eigenvalue weighted by atomic mass is 10.2. The molecule has 3 rings (SSSR count). The SMILES string of the molecule is Cc1nccn1-c1ccc(NC(=O)COc2ccc(Br)cc2)cc1F. The third-order valence-corrected chi connectivity index (χ3v) is 4.03. The van der Waals surface area contributed by atoms with Crippen LogP contribution in [0.25, 0.3) is 5.69 Å². The molecule has 0 unspecified atom stereocenters. The first-order chi connectivity index (χ1) is 12.0. The largest absolute Gasteiger partial charge is 0.484 e. The first-order valence-corrected chi connectivity index (χ1v) is 8.30. The molecule has 1 N–H and O–H groups in total. The summed E-state index contributed by atoms with van der Waals surface area (Å²) in [5.41, 5.74) is 0.738. The number of hydrogen-bond donors (Lipinski definition) is 1. The smallest absolute Gasteiger partial charge is 0.262 e. The number of carbonyl (C=O) groups is 1. The number of rotatable bonds is 5. The highest BCUT2D eigenvalue weighted by atomic mass is 79.9. The number of halogens is 2. The molecule has 0 saturated carbocycles. The predicted octanol–water partition coefficient (Wildman–Crippen LogP) is 4.10. The molecule has 1 amide bonds. The van der Waals surface area contributed by atoms with Crippen molar-refractivity contribution < 1.29 is 13.9 Å². The summed E-state index contributed by atoms with van der Waals surface area (Å²) in [7, 11) is 0. The fraction of sp³-hybridized carbons (Fsp3) is 0.111. The van der Waals surface area contributed by atoms with Crippen LogP contribution in [-0.2, 0) is 4.79 Å². The van der Waals surface area contributed by atoms with Crippen LogP contribution in [-0.4, -0.2) is 22.1 Å². The highest BCUT2D eigenvalue weighted by molar-refractivity contribution is 9.10. The summed E-state index contributed by atoms with van der Waals surface area (Å²) in [6.07, 6.45) is 3.28. The second-order valence-electron chi connectivity index (χ2n) is 5.30. The Bertz CT molecular complexity index is 894. The average Bonchev–Trinajstić information content (AvgIpc) is 3.00. The Kier molecular flexibility index (Phi) is 5.14. The first-order valence-electron chi connectivity index (χ1n) is 7.51. The Labute approximate surface area is 152 Å². The van der Waals surface area contributed by atoms with Crippen molar-refractivity contribution in [2.45, 2.75) is 6.92 Å². The Balaban J connectivity index is 1.62. The van der Waals surface area contributed by atoms with Gasteiger partial charge in [0, 0.05) is 22.6 Å². The van der Waals surface area contributed by atoms with E-state index in [0.717, 1.165) is 4.47 Å². The molecule has 2 aromatic carbocycles. The normalized spacial score (nSPS) is 10.5. The Morgan fingerprint density at radius 2 is 2.04 bits per heavy atom. The van der Waals surface area contributed by atoms with E-state index in [1.165, 1.54) is 6.07 Å². The third-order valence-electron chi connectivity index (χ3n) is 3.50. The van der Waals surface area contributed by atoms with E-state index in [1.807, 2.05) is 12.1 Å². The van der Waals surface area contributed by atoms with Crippen molar-refractivity contribution in [3.63, 3.8) is 0 Å². The molecule has 0 spiro atoms. The molecule has 0 bridgehead atoms. The molecule has 0 aliphatic carbocycles. The fourth-order valence-corrected chi connectivity index (χ4v) is 2.55. The number of benzene rings is 2. The molecule has 7 heteroatoms. The number of imidazole rings is 1. The minimum absolute atomic E-state index is 0.161. The zero-order valence-corrected chi connectivity index (χ0v) is 15.0. The molecule has 3 aromatic rings. The first kappa shape index (κ1) is 17.2. The number of nitrogens with zero attached hydrogens (tertiary/aromatic N) is 2. The van der Waals surface area contributed by atoms with Gasteiger partial charge in [0.2, 0.25) is 0 Å². The van der Waals surface area contributed by atoms with Crippen LogP contribution in [0.3, 0.4) is 0 Å². The number of aromatic nitrogens is 2. The van der Waals surface area contributed by atoms with Gasteiger partial charge < -0.3 is 14.6 Å². The van der Waals surface area contributed by atoms with Gasteiger partial charge in [-0.1, -0.05) is 15.9 Å². The van der Waals surface area contributed by atoms with Gasteiger partial charge in [-0.25, -0.2) is 9.37 Å². The third kappa shape index (κ3) is 4.24. The lowest BCUT2D eigenvalue weighted by molar-refractivity contribution is -0.118. The molecule has 0 aliphatic heterocycles. The quantitative estimate of drug-likeness (QED) is 0.697. The van der Waals surface area contributed by atoms with Crippen molar-refractivity contribution >= 4 is 27.5 Å². The number of anilines is 1. The van der Waals surface area contributed by atoms with Gasteiger partial charge in [-0.2, -0.15) is 0 Å². The van der Waals surface area contributed by atoms with E-state index in [2.05, 4.69) is 26.2 Å². The molecule has 1 aromatic heterocycles. The zero-order valence-electron chi connectivity index (χ0n) is 13.4. The summed E-state index contributed by atoms with van der Waals surface area (Å²) in [5, 5.41) is 2.61. The van der Waals surface area contributed by atoms with Gasteiger partial charge in [0.15, 0.2) is 6.61 Å². The Hall–Kier alpha value is -2.67. The van der Waals surface area contributed by atoms with Gasteiger partial charge in [0.1, 0.15) is 17.4 Å². The molecule has 25 heavy (non-hydrogen) atoms. The van der Waals surface area contributed by atoms with E-state index in [0.29, 0.717) is 22.9 Å². The van der Waals surface area contributed by atoms with Crippen LogP contribution in [0.1, 0.15) is 5.82 Å². The van der Waals surface area contributed by atoms with Crippen LogP contribution >= 0.6 is 15.9 Å². The van der Waals surface area contributed by atoms with Crippen LogP contribution in [0.2, 0.25) is 0 Å². The van der Waals surface area contributed by atoms with Crippen molar-refractivity contribution in [2.24, 2.45) is 0 Å². The van der Waals surface area contributed by atoms with E-state index in [9.17, 15) is 9.18 Å². The minimum Gasteiger partial charge on any atom is -0.484 e. The fourth-order valence-electron chi connectivity index (χ4n) is 2.29. The molecule has 128 valence electrons. The Morgan fingerprint density at radius 3 is 2.68 bits per heavy atom. The van der Waals surface area contributed by atoms with Crippen LogP contribution in [0.15, 0.2) is 59.3 Å². The maximum Gasteiger partial charge on any atom is 0.262 e. The lowest BCUT2D eigenvalue weighted by Crippen LogP contribution is -2.20. The summed E-state index contributed by atoms with van der Waals surface area (Å²) >= 11 is 3.32. The summed E-state index contributed by atoms with van der Waals surface area (Å²) in [6, 6.07) is 11.6. The van der Waals surface area contributed by atoms with E-state index in [1.54, 1.807) is 48.1 Å². The number of amides is 1. The van der Waals surface area contributed by atoms with Crippen molar-refractivity contribution in [3.8, 4) is 11.4 Å². The molecule has 0 radical (unpaired) electrons. The monoisotopic (exact) mass is 403 g/mol. The van der Waals surface area contributed by atoms with E-state index in [4.69, 9.17) is 4.74 Å². The number of carbonyl (C=O) groups excluding carboxylic acids is 1. The summed E-state index contributed by atoms with van der Waals surface area (Å²) in [5.74, 6) is 0.440. The Morgan fingerprint density at radius 1 is 1.28 bits per heavy atom. The number of aryl methyl sites for hydroxylation is 1. The van der Waals surface area contributed by atoms with Gasteiger partial charge in [0.25, 0.3) is 5.91 Å². The molecule has 5 nitrogen and oxygen atoms in total. The molecule has 0 aliphatic rings. The van der Waals surface area contributed by atoms with Crippen LogP contribution in [0.5, 0.6) is 5.75 Å². The number of hydrogen-bond acceptors (Lipinski definition) is 3. The maximum atomic E-state index is 14.3. The second-order valence-corrected chi connectivity index (χ2v) is 6.22. The van der Waals surface area contributed by atoms with Crippen LogP contribution < -0.4 is 10.1 Å². The topological polar surface area (TPSA) is 56.2 Å². The van der Waals surface area contributed by atoms with Crippen LogP contribution in [0, 0.1) is 12.7 Å². The molecule has 1 heterocycles. The molecule has 0 saturated heterocycles. The van der Waals surface area contributed by atoms with E-state index < -0.39 is 5.82 Å². The minimum atomic E-state index is -0.451. The van der Waals surface area contributed by atoms with Gasteiger partial charge in [-0.3, -0.25) is 4.79 Å². The average molecular weight is 404 g/mol. The van der Waals surface area contributed by atoms with Crippen molar-refractivity contribution in [1.29, 1.82) is 0 Å². The molecule has 0 atom stereocenters. The van der Waals surface area contributed by atoms with Crippen molar-refractivity contribution in [2.75, 3.05) is 11.9 Å². The van der Waals surface area contributed by atoms with Crippen molar-refractivity contribution in [3.05, 3.63) is 71.0 Å². The number of nitrogens with one attached hydrogen (secondary N) is 1. The van der Waals surface area contributed by atoms with Crippen molar-refractivity contribution in [1.82, 2.24) is 9.55 Å². The van der Waals surface area contributed by atoms with E-state index in [-0.39, 0.29) is 12.5 Å². The van der Waals surface area contributed by atoms with Gasteiger partial charge in [-0.15, -0.1) is 0 Å².